The highest BCUT2D eigenvalue weighted by Crippen LogP contribution is 2.37. The highest BCUT2D eigenvalue weighted by molar-refractivity contribution is 5.84. The molecule has 1 aliphatic carbocycles. The summed E-state index contributed by atoms with van der Waals surface area (Å²) < 4.78 is 5.34. The van der Waals surface area contributed by atoms with Crippen molar-refractivity contribution in [3.8, 4) is 0 Å². The van der Waals surface area contributed by atoms with Crippen LogP contribution < -0.4 is 5.32 Å². The van der Waals surface area contributed by atoms with Crippen LogP contribution in [0.25, 0.3) is 0 Å². The van der Waals surface area contributed by atoms with Crippen molar-refractivity contribution in [3.05, 3.63) is 0 Å². The zero-order chi connectivity index (χ0) is 13.1. The minimum absolute atomic E-state index is 0.128. The third-order valence-electron chi connectivity index (χ3n) is 3.43. The van der Waals surface area contributed by atoms with Crippen LogP contribution in [0.15, 0.2) is 0 Å². The Morgan fingerprint density at radius 3 is 2.29 bits per heavy atom. The molecule has 0 unspecified atom stereocenters. The van der Waals surface area contributed by atoms with Gasteiger partial charge in [-0.2, -0.15) is 0 Å². The monoisotopic (exact) mass is 243 g/mol. The van der Waals surface area contributed by atoms with Gasteiger partial charge in [0.15, 0.2) is 0 Å². The Morgan fingerprint density at radius 1 is 1.41 bits per heavy atom. The molecule has 0 aromatic heterocycles. The van der Waals surface area contributed by atoms with Crippen LogP contribution in [-0.2, 0) is 14.3 Å². The number of carboxylic acids is 1. The van der Waals surface area contributed by atoms with Crippen molar-refractivity contribution < 1.29 is 19.4 Å². The van der Waals surface area contributed by atoms with Gasteiger partial charge in [0.05, 0.1) is 12.0 Å². The number of hydrogen-bond donors (Lipinski definition) is 2. The van der Waals surface area contributed by atoms with E-state index in [4.69, 9.17) is 9.84 Å². The van der Waals surface area contributed by atoms with E-state index in [1.165, 1.54) is 0 Å². The first-order valence-electron chi connectivity index (χ1n) is 5.97. The molecule has 0 aliphatic heterocycles. The van der Waals surface area contributed by atoms with E-state index in [9.17, 15) is 9.59 Å². The summed E-state index contributed by atoms with van der Waals surface area (Å²) in [5, 5.41) is 11.5. The fraction of sp³-hybridized carbons (Fsp3) is 0.833. The van der Waals surface area contributed by atoms with E-state index < -0.39 is 12.0 Å². The molecule has 5 nitrogen and oxygen atoms in total. The molecule has 0 bridgehead atoms. The molecule has 2 N–H and O–H groups in total. The number of ether oxygens (including phenoxy) is 1. The maximum Gasteiger partial charge on any atom is 0.326 e. The smallest absolute Gasteiger partial charge is 0.326 e. The van der Waals surface area contributed by atoms with Gasteiger partial charge in [0.2, 0.25) is 5.91 Å². The second-order valence-corrected chi connectivity index (χ2v) is 5.04. The van der Waals surface area contributed by atoms with Crippen LogP contribution in [0.2, 0.25) is 0 Å². The van der Waals surface area contributed by atoms with E-state index in [1.807, 2.05) is 0 Å². The summed E-state index contributed by atoms with van der Waals surface area (Å²) in [4.78, 5) is 22.7. The zero-order valence-electron chi connectivity index (χ0n) is 10.7. The average molecular weight is 243 g/mol. The lowest BCUT2D eigenvalue weighted by Gasteiger charge is -2.40. The van der Waals surface area contributed by atoms with Crippen LogP contribution in [0.4, 0.5) is 0 Å². The van der Waals surface area contributed by atoms with Gasteiger partial charge in [0.1, 0.15) is 6.04 Å². The van der Waals surface area contributed by atoms with E-state index >= 15 is 0 Å². The normalized spacial score (nSPS) is 19.5. The van der Waals surface area contributed by atoms with Crippen molar-refractivity contribution in [1.29, 1.82) is 0 Å². The SMILES string of the molecule is COC1(CC(=O)N[C@@H](C(=O)O)C(C)C)CCC1. The van der Waals surface area contributed by atoms with Gasteiger partial charge >= 0.3 is 5.97 Å². The summed E-state index contributed by atoms with van der Waals surface area (Å²) in [6.07, 6.45) is 3.06. The number of methoxy groups -OCH3 is 1. The van der Waals surface area contributed by atoms with Crippen LogP contribution >= 0.6 is 0 Å². The first-order chi connectivity index (χ1) is 7.90. The van der Waals surface area contributed by atoms with Gasteiger partial charge in [-0.15, -0.1) is 0 Å². The van der Waals surface area contributed by atoms with Gasteiger partial charge in [-0.25, -0.2) is 4.79 Å². The number of aliphatic carboxylic acids is 1. The van der Waals surface area contributed by atoms with E-state index in [-0.39, 0.29) is 23.8 Å². The predicted molar refractivity (Wildman–Crippen MR) is 62.6 cm³/mol. The number of amides is 1. The molecule has 98 valence electrons. The lowest BCUT2D eigenvalue weighted by Crippen LogP contribution is -2.49. The molecule has 1 saturated carbocycles. The molecule has 0 saturated heterocycles. The molecule has 1 aliphatic rings. The summed E-state index contributed by atoms with van der Waals surface area (Å²) in [5.74, 6) is -1.36. The van der Waals surface area contributed by atoms with Gasteiger partial charge in [-0.1, -0.05) is 13.8 Å². The third-order valence-corrected chi connectivity index (χ3v) is 3.43. The molecule has 5 heteroatoms. The number of carbonyl (C=O) groups excluding carboxylic acids is 1. The Morgan fingerprint density at radius 2 is 2.00 bits per heavy atom. The highest BCUT2D eigenvalue weighted by atomic mass is 16.5. The number of carbonyl (C=O) groups is 2. The summed E-state index contributed by atoms with van der Waals surface area (Å²) in [6, 6.07) is -0.823. The Labute approximate surface area is 102 Å². The lowest BCUT2D eigenvalue weighted by atomic mass is 9.77. The number of rotatable bonds is 6. The maximum absolute atomic E-state index is 11.8. The van der Waals surface area contributed by atoms with Crippen LogP contribution in [0.5, 0.6) is 0 Å². The van der Waals surface area contributed by atoms with E-state index in [1.54, 1.807) is 21.0 Å². The fourth-order valence-corrected chi connectivity index (χ4v) is 2.05. The van der Waals surface area contributed by atoms with Crippen LogP contribution in [0, 0.1) is 5.92 Å². The standard InChI is InChI=1S/C12H21NO4/c1-8(2)10(11(15)16)13-9(14)7-12(17-3)5-4-6-12/h8,10H,4-7H2,1-3H3,(H,13,14)(H,15,16)/t10-/m1/s1. The van der Waals surface area contributed by atoms with Gasteiger partial charge in [0, 0.05) is 7.11 Å². The summed E-state index contributed by atoms with van der Waals surface area (Å²) in [5.41, 5.74) is -0.357. The third kappa shape index (κ3) is 3.43. The molecule has 1 rings (SSSR count). The van der Waals surface area contributed by atoms with Crippen molar-refractivity contribution in [2.75, 3.05) is 7.11 Å². The maximum atomic E-state index is 11.8. The summed E-state index contributed by atoms with van der Waals surface area (Å²) in [7, 11) is 1.60. The van der Waals surface area contributed by atoms with Gasteiger partial charge in [-0.05, 0) is 25.2 Å². The summed E-state index contributed by atoms with van der Waals surface area (Å²) in [6.45, 7) is 3.54. The molecule has 0 radical (unpaired) electrons. The summed E-state index contributed by atoms with van der Waals surface area (Å²) >= 11 is 0. The first-order valence-corrected chi connectivity index (χ1v) is 5.97. The molecular formula is C12H21NO4. The van der Waals surface area contributed by atoms with E-state index in [2.05, 4.69) is 5.32 Å². The number of nitrogens with one attached hydrogen (secondary N) is 1. The average Bonchev–Trinajstić information content (AvgIpc) is 2.19. The molecule has 1 amide bonds. The second kappa shape index (κ2) is 5.49. The zero-order valence-corrected chi connectivity index (χ0v) is 10.7. The van der Waals surface area contributed by atoms with E-state index in [0.717, 1.165) is 19.3 Å². The van der Waals surface area contributed by atoms with Crippen molar-refractivity contribution in [2.24, 2.45) is 5.92 Å². The largest absolute Gasteiger partial charge is 0.480 e. The highest BCUT2D eigenvalue weighted by Gasteiger charge is 2.39. The van der Waals surface area contributed by atoms with Crippen molar-refractivity contribution in [2.45, 2.75) is 51.2 Å². The fourth-order valence-electron chi connectivity index (χ4n) is 2.05. The Bertz CT molecular complexity index is 291. The number of hydrogen-bond acceptors (Lipinski definition) is 3. The molecule has 0 spiro atoms. The topological polar surface area (TPSA) is 75.6 Å². The Kier molecular flexibility index (Phi) is 4.51. The molecule has 0 aromatic rings. The number of carboxylic acid groups (broad SMARTS) is 1. The predicted octanol–water partition coefficient (Wildman–Crippen LogP) is 1.17. The van der Waals surface area contributed by atoms with Gasteiger partial charge in [0.25, 0.3) is 0 Å². The first kappa shape index (κ1) is 14.0. The lowest BCUT2D eigenvalue weighted by molar-refractivity contribution is -0.146. The van der Waals surface area contributed by atoms with Crippen molar-refractivity contribution >= 4 is 11.9 Å². The molecule has 1 fully saturated rings. The van der Waals surface area contributed by atoms with Crippen LogP contribution in [-0.4, -0.2) is 35.7 Å². The molecule has 17 heavy (non-hydrogen) atoms. The van der Waals surface area contributed by atoms with Crippen LogP contribution in [0.3, 0.4) is 0 Å². The van der Waals surface area contributed by atoms with Gasteiger partial charge < -0.3 is 15.2 Å². The minimum atomic E-state index is -0.992. The van der Waals surface area contributed by atoms with Gasteiger partial charge in [-0.3, -0.25) is 4.79 Å². The van der Waals surface area contributed by atoms with Crippen molar-refractivity contribution in [1.82, 2.24) is 5.32 Å². The second-order valence-electron chi connectivity index (χ2n) is 5.04. The molecule has 1 atom stereocenters. The minimum Gasteiger partial charge on any atom is -0.480 e. The molecular weight excluding hydrogens is 222 g/mol. The van der Waals surface area contributed by atoms with Crippen molar-refractivity contribution in [3.63, 3.8) is 0 Å². The molecule has 0 heterocycles. The van der Waals surface area contributed by atoms with E-state index in [0.29, 0.717) is 0 Å². The Balaban J connectivity index is 2.50. The van der Waals surface area contributed by atoms with Crippen LogP contribution in [0.1, 0.15) is 39.5 Å². The molecule has 0 aromatic carbocycles. The Hall–Kier alpha value is -1.10. The quantitative estimate of drug-likeness (QED) is 0.734.